The van der Waals surface area contributed by atoms with Crippen LogP contribution in [0.15, 0.2) is 33.9 Å². The van der Waals surface area contributed by atoms with E-state index in [0.717, 1.165) is 0 Å². The topological polar surface area (TPSA) is 106 Å². The van der Waals surface area contributed by atoms with Crippen molar-refractivity contribution in [1.29, 1.82) is 0 Å². The normalized spacial score (nSPS) is 15.8. The third-order valence-corrected chi connectivity index (χ3v) is 4.68. The first-order valence-electron chi connectivity index (χ1n) is 8.24. The quantitative estimate of drug-likeness (QED) is 0.754. The summed E-state index contributed by atoms with van der Waals surface area (Å²) in [4.78, 5) is 12.5. The summed E-state index contributed by atoms with van der Waals surface area (Å²) >= 11 is 0. The highest BCUT2D eigenvalue weighted by Gasteiger charge is 2.22. The average Bonchev–Trinajstić information content (AvgIpc) is 2.53. The smallest absolute Gasteiger partial charge is 0.342 e. The molecule has 1 aromatic carbocycles. The van der Waals surface area contributed by atoms with Gasteiger partial charge in [-0.15, -0.1) is 4.40 Å². The van der Waals surface area contributed by atoms with E-state index < -0.39 is 10.2 Å². The number of amides is 1. The van der Waals surface area contributed by atoms with E-state index in [1.54, 1.807) is 32.0 Å². The van der Waals surface area contributed by atoms with Crippen molar-refractivity contribution >= 4 is 27.5 Å². The lowest BCUT2D eigenvalue weighted by atomic mass is 10.1. The van der Waals surface area contributed by atoms with E-state index >= 15 is 0 Å². The summed E-state index contributed by atoms with van der Waals surface area (Å²) in [6, 6.07) is 5.19. The molecule has 2 rings (SSSR count). The molecule has 0 saturated carbocycles. The second kappa shape index (κ2) is 8.22. The molecule has 1 aliphatic rings. The van der Waals surface area contributed by atoms with Crippen LogP contribution in [0.5, 0.6) is 11.5 Å². The SMILES string of the molecule is CCOc1ccc(OCC)c(NC(=O)CC2=C(C)NS(=O)(=O)N=C2C)c1. The van der Waals surface area contributed by atoms with Gasteiger partial charge < -0.3 is 14.8 Å². The van der Waals surface area contributed by atoms with Gasteiger partial charge in [0, 0.05) is 17.3 Å². The van der Waals surface area contributed by atoms with Crippen molar-refractivity contribution in [2.45, 2.75) is 34.1 Å². The van der Waals surface area contributed by atoms with E-state index in [1.807, 2.05) is 13.8 Å². The minimum atomic E-state index is -3.72. The zero-order chi connectivity index (χ0) is 19.3. The van der Waals surface area contributed by atoms with Gasteiger partial charge in [-0.1, -0.05) is 0 Å². The van der Waals surface area contributed by atoms with Crippen molar-refractivity contribution in [1.82, 2.24) is 4.72 Å². The summed E-state index contributed by atoms with van der Waals surface area (Å²) in [7, 11) is -3.72. The van der Waals surface area contributed by atoms with Gasteiger partial charge in [0.25, 0.3) is 0 Å². The molecule has 0 aliphatic carbocycles. The van der Waals surface area contributed by atoms with Gasteiger partial charge in [-0.25, -0.2) is 0 Å². The molecule has 0 aromatic heterocycles. The summed E-state index contributed by atoms with van der Waals surface area (Å²) < 4.78 is 40.0. The van der Waals surface area contributed by atoms with E-state index in [0.29, 0.717) is 47.4 Å². The fourth-order valence-electron chi connectivity index (χ4n) is 2.54. The predicted molar refractivity (Wildman–Crippen MR) is 99.9 cm³/mol. The van der Waals surface area contributed by atoms with E-state index in [9.17, 15) is 13.2 Å². The van der Waals surface area contributed by atoms with Gasteiger partial charge in [0.1, 0.15) is 11.5 Å². The van der Waals surface area contributed by atoms with Crippen LogP contribution in [0, 0.1) is 0 Å². The summed E-state index contributed by atoms with van der Waals surface area (Å²) in [5.74, 6) is 0.833. The molecule has 0 spiro atoms. The molecule has 0 unspecified atom stereocenters. The number of hydrogen-bond acceptors (Lipinski definition) is 5. The molecule has 0 saturated heterocycles. The van der Waals surface area contributed by atoms with Crippen LogP contribution in [0.2, 0.25) is 0 Å². The molecule has 1 aliphatic heterocycles. The van der Waals surface area contributed by atoms with Gasteiger partial charge in [0.05, 0.1) is 31.0 Å². The van der Waals surface area contributed by atoms with Crippen LogP contribution in [-0.4, -0.2) is 33.3 Å². The molecule has 1 heterocycles. The van der Waals surface area contributed by atoms with E-state index in [2.05, 4.69) is 14.4 Å². The standard InChI is InChI=1S/C17H23N3O5S/c1-5-24-13-7-8-16(25-6-2)15(9-13)18-17(21)10-14-11(3)19-26(22,23)20-12(14)4/h7-9,19H,5-6,10H2,1-4H3,(H,18,21). The number of nitrogens with one attached hydrogen (secondary N) is 2. The van der Waals surface area contributed by atoms with Crippen LogP contribution in [0.1, 0.15) is 34.1 Å². The van der Waals surface area contributed by atoms with Crippen LogP contribution >= 0.6 is 0 Å². The van der Waals surface area contributed by atoms with Crippen LogP contribution in [0.3, 0.4) is 0 Å². The van der Waals surface area contributed by atoms with Gasteiger partial charge in [-0.05, 0) is 39.8 Å². The molecular formula is C17H23N3O5S. The van der Waals surface area contributed by atoms with Gasteiger partial charge in [-0.2, -0.15) is 8.42 Å². The number of benzene rings is 1. The molecule has 1 amide bonds. The van der Waals surface area contributed by atoms with E-state index in [4.69, 9.17) is 9.47 Å². The van der Waals surface area contributed by atoms with E-state index in [-0.39, 0.29) is 12.3 Å². The molecular weight excluding hydrogens is 358 g/mol. The Morgan fingerprint density at radius 1 is 1.19 bits per heavy atom. The third-order valence-electron chi connectivity index (χ3n) is 3.60. The first-order chi connectivity index (χ1) is 12.3. The Morgan fingerprint density at radius 2 is 1.88 bits per heavy atom. The number of hydrogen-bond donors (Lipinski definition) is 2. The molecule has 0 bridgehead atoms. The maximum atomic E-state index is 12.5. The number of allylic oxidation sites excluding steroid dienone is 1. The molecule has 8 nitrogen and oxygen atoms in total. The first-order valence-corrected chi connectivity index (χ1v) is 9.68. The molecule has 9 heteroatoms. The second-order valence-electron chi connectivity index (χ2n) is 5.61. The number of rotatable bonds is 7. The van der Waals surface area contributed by atoms with Gasteiger partial charge in [0.2, 0.25) is 5.91 Å². The largest absolute Gasteiger partial charge is 0.494 e. The second-order valence-corrected chi connectivity index (χ2v) is 6.94. The minimum absolute atomic E-state index is 0.0197. The average molecular weight is 381 g/mol. The number of nitrogens with zero attached hydrogens (tertiary/aromatic N) is 1. The fraction of sp³-hybridized carbons (Fsp3) is 0.412. The molecule has 0 fully saturated rings. The van der Waals surface area contributed by atoms with Crippen molar-refractivity contribution in [2.24, 2.45) is 4.40 Å². The van der Waals surface area contributed by atoms with Crippen LogP contribution in [0.25, 0.3) is 0 Å². The number of ether oxygens (including phenoxy) is 2. The Labute approximate surface area is 153 Å². The minimum Gasteiger partial charge on any atom is -0.494 e. The fourth-order valence-corrected chi connectivity index (χ4v) is 3.57. The number of carbonyl (C=O) groups excluding carboxylic acids is 1. The Hall–Kier alpha value is -2.55. The lowest BCUT2D eigenvalue weighted by Gasteiger charge is -2.18. The predicted octanol–water partition coefficient (Wildman–Crippen LogP) is 2.40. The number of carbonyl (C=O) groups is 1. The van der Waals surface area contributed by atoms with Gasteiger partial charge >= 0.3 is 10.2 Å². The van der Waals surface area contributed by atoms with Crippen molar-refractivity contribution in [3.8, 4) is 11.5 Å². The van der Waals surface area contributed by atoms with Crippen LogP contribution in [-0.2, 0) is 15.0 Å². The van der Waals surface area contributed by atoms with Crippen LogP contribution in [0.4, 0.5) is 5.69 Å². The Kier molecular flexibility index (Phi) is 6.25. The Bertz CT molecular complexity index is 859. The number of anilines is 1. The molecule has 142 valence electrons. The molecule has 26 heavy (non-hydrogen) atoms. The highest BCUT2D eigenvalue weighted by molar-refractivity contribution is 7.88. The van der Waals surface area contributed by atoms with Crippen molar-refractivity contribution < 1.29 is 22.7 Å². The highest BCUT2D eigenvalue weighted by Crippen LogP contribution is 2.30. The zero-order valence-corrected chi connectivity index (χ0v) is 16.1. The maximum absolute atomic E-state index is 12.5. The lowest BCUT2D eigenvalue weighted by molar-refractivity contribution is -0.115. The summed E-state index contributed by atoms with van der Waals surface area (Å²) in [6.45, 7) is 7.84. The first kappa shape index (κ1) is 19.8. The Balaban J connectivity index is 2.19. The maximum Gasteiger partial charge on any atom is 0.342 e. The van der Waals surface area contributed by atoms with E-state index in [1.165, 1.54) is 0 Å². The van der Waals surface area contributed by atoms with Crippen molar-refractivity contribution in [2.75, 3.05) is 18.5 Å². The molecule has 0 radical (unpaired) electrons. The molecule has 2 N–H and O–H groups in total. The van der Waals surface area contributed by atoms with Gasteiger partial charge in [-0.3, -0.25) is 9.52 Å². The Morgan fingerprint density at radius 3 is 2.50 bits per heavy atom. The summed E-state index contributed by atoms with van der Waals surface area (Å²) in [5, 5.41) is 2.79. The van der Waals surface area contributed by atoms with Crippen molar-refractivity contribution in [3.05, 3.63) is 29.5 Å². The lowest BCUT2D eigenvalue weighted by Crippen LogP contribution is -2.29. The van der Waals surface area contributed by atoms with Crippen LogP contribution < -0.4 is 19.5 Å². The molecule has 0 atom stereocenters. The molecule has 1 aromatic rings. The summed E-state index contributed by atoms with van der Waals surface area (Å²) in [5.41, 5.74) is 1.72. The third kappa shape index (κ3) is 4.98. The zero-order valence-electron chi connectivity index (χ0n) is 15.3. The highest BCUT2D eigenvalue weighted by atomic mass is 32.2. The van der Waals surface area contributed by atoms with Gasteiger partial charge in [0.15, 0.2) is 0 Å². The monoisotopic (exact) mass is 381 g/mol. The summed E-state index contributed by atoms with van der Waals surface area (Å²) in [6.07, 6.45) is -0.0197. The van der Waals surface area contributed by atoms with Crippen molar-refractivity contribution in [3.63, 3.8) is 0 Å².